The van der Waals surface area contributed by atoms with E-state index < -0.39 is 24.4 Å². The van der Waals surface area contributed by atoms with Crippen molar-refractivity contribution in [3.05, 3.63) is 83.9 Å². The van der Waals surface area contributed by atoms with Crippen LogP contribution in [0.25, 0.3) is 55.8 Å². The van der Waals surface area contributed by atoms with E-state index in [0.717, 1.165) is 0 Å². The highest BCUT2D eigenvalue weighted by Crippen LogP contribution is 2.44. The van der Waals surface area contributed by atoms with Crippen LogP contribution in [0.15, 0.2) is 71.3 Å². The molecule has 1 unspecified atom stereocenters. The van der Waals surface area contributed by atoms with Crippen molar-refractivity contribution < 1.29 is 32.2 Å². The van der Waals surface area contributed by atoms with E-state index in [1.165, 1.54) is 31.4 Å². The van der Waals surface area contributed by atoms with Crippen LogP contribution in [0.4, 0.5) is 18.9 Å². The van der Waals surface area contributed by atoms with Crippen LogP contribution in [0.1, 0.15) is 28.7 Å². The number of carbonyl (C=O) groups is 1. The number of benzene rings is 2. The number of halogens is 3. The van der Waals surface area contributed by atoms with Crippen molar-refractivity contribution in [2.75, 3.05) is 26.0 Å². The Labute approximate surface area is 247 Å². The molecule has 0 spiro atoms. The van der Waals surface area contributed by atoms with Gasteiger partial charge < -0.3 is 29.5 Å². The maximum absolute atomic E-state index is 14.8. The summed E-state index contributed by atoms with van der Waals surface area (Å²) in [5.41, 5.74) is 3.94. The molecule has 9 nitrogen and oxygen atoms in total. The number of pyridine rings is 2. The van der Waals surface area contributed by atoms with Gasteiger partial charge in [-0.3, -0.25) is 9.78 Å². The third-order valence-corrected chi connectivity index (χ3v) is 7.74. The number of alkyl halides is 2. The van der Waals surface area contributed by atoms with Gasteiger partial charge in [0, 0.05) is 53.9 Å². The third kappa shape index (κ3) is 4.17. The monoisotopic (exact) mass is 599 g/mol. The lowest BCUT2D eigenvalue weighted by Crippen LogP contribution is -2.24. The predicted octanol–water partition coefficient (Wildman–Crippen LogP) is 6.54. The minimum Gasteiger partial charge on any atom is -0.465 e. The van der Waals surface area contributed by atoms with Crippen LogP contribution < -0.4 is 15.4 Å². The highest BCUT2D eigenvalue weighted by Gasteiger charge is 2.30. The molecule has 7 rings (SSSR count). The molecule has 0 saturated heterocycles. The molecular weight excluding hydrogens is 575 g/mol. The Morgan fingerprint density at radius 1 is 1.09 bits per heavy atom. The summed E-state index contributed by atoms with van der Waals surface area (Å²) < 4.78 is 54.9. The molecule has 6 aromatic rings. The molecule has 1 aliphatic rings. The summed E-state index contributed by atoms with van der Waals surface area (Å²) in [6.45, 7) is -0.333. The first-order chi connectivity index (χ1) is 21.3. The fourth-order valence-corrected chi connectivity index (χ4v) is 5.68. The van der Waals surface area contributed by atoms with E-state index in [1.54, 1.807) is 54.1 Å². The minimum absolute atomic E-state index is 0.181. The van der Waals surface area contributed by atoms with Crippen molar-refractivity contribution in [3.8, 4) is 39.7 Å². The minimum atomic E-state index is -2.73. The van der Waals surface area contributed by atoms with Crippen LogP contribution in [0.3, 0.4) is 0 Å². The van der Waals surface area contributed by atoms with Crippen LogP contribution in [-0.4, -0.2) is 46.3 Å². The van der Waals surface area contributed by atoms with Gasteiger partial charge in [0.05, 0.1) is 29.1 Å². The number of nitrogens with one attached hydrogen (secondary N) is 2. The molecule has 12 heteroatoms. The number of anilines is 1. The number of furan rings is 1. The lowest BCUT2D eigenvalue weighted by atomic mass is 10.0. The zero-order valence-corrected chi connectivity index (χ0v) is 23.4. The molecule has 3 N–H and O–H groups in total. The molecule has 1 atom stereocenters. The summed E-state index contributed by atoms with van der Waals surface area (Å²) in [5.74, 6) is -0.237. The van der Waals surface area contributed by atoms with Gasteiger partial charge >= 0.3 is 0 Å². The maximum Gasteiger partial charge on any atom is 0.280 e. The van der Waals surface area contributed by atoms with Crippen molar-refractivity contribution >= 4 is 33.5 Å². The Bertz CT molecular complexity index is 2090. The van der Waals surface area contributed by atoms with E-state index in [-0.39, 0.29) is 23.6 Å². The largest absolute Gasteiger partial charge is 0.465 e. The average Bonchev–Trinajstić information content (AvgIpc) is 3.63. The van der Waals surface area contributed by atoms with E-state index in [2.05, 4.69) is 15.6 Å². The summed E-state index contributed by atoms with van der Waals surface area (Å²) in [5, 5.41) is 16.7. The summed E-state index contributed by atoms with van der Waals surface area (Å²) in [4.78, 5) is 21.9. The van der Waals surface area contributed by atoms with Gasteiger partial charge in [-0.15, -0.1) is 0 Å². The van der Waals surface area contributed by atoms with Gasteiger partial charge in [-0.25, -0.2) is 18.2 Å². The fraction of sp³-hybridized carbons (Fsp3) is 0.156. The smallest absolute Gasteiger partial charge is 0.280 e. The van der Waals surface area contributed by atoms with Crippen molar-refractivity contribution in [3.63, 3.8) is 0 Å². The molecule has 1 aliphatic heterocycles. The Hall–Kier alpha value is -5.36. The number of aromatic nitrogens is 3. The number of fused-ring (bicyclic) bond motifs is 6. The first-order valence-corrected chi connectivity index (χ1v) is 13.7. The Balaban J connectivity index is 1.42. The number of ether oxygens (including phenoxy) is 1. The van der Waals surface area contributed by atoms with E-state index in [1.807, 2.05) is 0 Å². The molecule has 0 saturated carbocycles. The summed E-state index contributed by atoms with van der Waals surface area (Å²) in [6, 6.07) is 16.0. The van der Waals surface area contributed by atoms with E-state index in [9.17, 15) is 23.1 Å². The van der Waals surface area contributed by atoms with E-state index in [4.69, 9.17) is 14.1 Å². The Morgan fingerprint density at radius 3 is 2.64 bits per heavy atom. The Morgan fingerprint density at radius 2 is 1.93 bits per heavy atom. The molecule has 1 amide bonds. The molecule has 5 heterocycles. The number of aliphatic hydroxyl groups excluding tert-OH is 1. The molecule has 0 aliphatic carbocycles. The summed E-state index contributed by atoms with van der Waals surface area (Å²) in [6.07, 6.45) is -2.25. The van der Waals surface area contributed by atoms with E-state index in [0.29, 0.717) is 61.5 Å². The molecule has 222 valence electrons. The van der Waals surface area contributed by atoms with Crippen LogP contribution in [0, 0.1) is 5.82 Å². The summed E-state index contributed by atoms with van der Waals surface area (Å²) >= 11 is 0. The number of carbonyl (C=O) groups excluding carboxylic acids is 1. The van der Waals surface area contributed by atoms with Gasteiger partial charge in [-0.1, -0.05) is 6.07 Å². The average molecular weight is 600 g/mol. The lowest BCUT2D eigenvalue weighted by molar-refractivity contribution is 0.0609. The Kier molecular flexibility index (Phi) is 6.51. The fourth-order valence-electron chi connectivity index (χ4n) is 5.68. The van der Waals surface area contributed by atoms with Gasteiger partial charge in [0.25, 0.3) is 12.3 Å². The van der Waals surface area contributed by atoms with E-state index >= 15 is 0 Å². The molecule has 0 radical (unpaired) electrons. The highest BCUT2D eigenvalue weighted by atomic mass is 19.3. The standard InChI is InChI=1S/C32H24F3N5O4/c1-36-22-12-26-18(28(32(42)37-2)30(44-26)15-6-7-21(31(34)35)38-13-15)10-17(22)20-8-9-25-29(39-20)24-11-16-19(33)4-3-5-23(16)40(24)27(14-41)43-25/h3-13,27,31,36,41H,14H2,1-2H3,(H,37,42). The predicted molar refractivity (Wildman–Crippen MR) is 158 cm³/mol. The van der Waals surface area contributed by atoms with Crippen molar-refractivity contribution in [2.24, 2.45) is 0 Å². The zero-order chi connectivity index (χ0) is 30.7. The normalized spacial score (nSPS) is 14.0. The first kappa shape index (κ1) is 27.5. The maximum atomic E-state index is 14.8. The van der Waals surface area contributed by atoms with Gasteiger partial charge in [0.15, 0.2) is 6.23 Å². The summed E-state index contributed by atoms with van der Waals surface area (Å²) in [7, 11) is 3.22. The number of rotatable bonds is 6. The molecule has 4 aromatic heterocycles. The van der Waals surface area contributed by atoms with Crippen molar-refractivity contribution in [1.82, 2.24) is 19.9 Å². The van der Waals surface area contributed by atoms with Gasteiger partial charge in [0.2, 0.25) is 0 Å². The van der Waals surface area contributed by atoms with Crippen LogP contribution in [-0.2, 0) is 0 Å². The molecule has 2 aromatic carbocycles. The van der Waals surface area contributed by atoms with Crippen LogP contribution >= 0.6 is 0 Å². The first-order valence-electron chi connectivity index (χ1n) is 13.7. The number of aliphatic hydroxyl groups is 1. The number of amides is 1. The second-order valence-electron chi connectivity index (χ2n) is 10.2. The SMILES string of the molecule is CNC(=O)c1c(-c2ccc(C(F)F)nc2)oc2cc(NC)c(-c3ccc4c(n3)-c3cc5c(F)cccc5n3C(CO)O4)cc12. The van der Waals surface area contributed by atoms with Crippen LogP contribution in [0.5, 0.6) is 5.75 Å². The van der Waals surface area contributed by atoms with Crippen molar-refractivity contribution in [1.29, 1.82) is 0 Å². The highest BCUT2D eigenvalue weighted by molar-refractivity contribution is 6.12. The van der Waals surface area contributed by atoms with Crippen molar-refractivity contribution in [2.45, 2.75) is 12.7 Å². The molecule has 44 heavy (non-hydrogen) atoms. The zero-order valence-electron chi connectivity index (χ0n) is 23.4. The second-order valence-corrected chi connectivity index (χ2v) is 10.2. The van der Waals surface area contributed by atoms with Gasteiger partial charge in [0.1, 0.15) is 34.3 Å². The molecule has 0 fully saturated rings. The molecular formula is C32H24F3N5O4. The third-order valence-electron chi connectivity index (χ3n) is 7.74. The van der Waals surface area contributed by atoms with Gasteiger partial charge in [-0.05, 0) is 48.5 Å². The lowest BCUT2D eigenvalue weighted by Gasteiger charge is -2.28. The second kappa shape index (κ2) is 10.4. The van der Waals surface area contributed by atoms with Gasteiger partial charge in [-0.2, -0.15) is 0 Å². The molecule has 0 bridgehead atoms. The number of nitrogens with zero attached hydrogens (tertiary/aromatic N) is 3. The number of hydrogen-bond acceptors (Lipinski definition) is 7. The number of hydrogen-bond donors (Lipinski definition) is 3. The quantitative estimate of drug-likeness (QED) is 0.199. The topological polar surface area (TPSA) is 114 Å². The van der Waals surface area contributed by atoms with Crippen LogP contribution in [0.2, 0.25) is 0 Å².